The zero-order valence-corrected chi connectivity index (χ0v) is 24.6. The van der Waals surface area contributed by atoms with E-state index in [1.165, 1.54) is 34.1 Å². The molecule has 1 spiro atoms. The van der Waals surface area contributed by atoms with Gasteiger partial charge < -0.3 is 14.6 Å². The Morgan fingerprint density at radius 1 is 1.02 bits per heavy atom. The maximum atomic E-state index is 15.1. The summed E-state index contributed by atoms with van der Waals surface area (Å²) >= 11 is 6.57. The minimum atomic E-state index is -0.479. The number of likely N-dealkylation sites (tertiary alicyclic amines) is 1. The lowest BCUT2D eigenvalue weighted by atomic mass is 9.94. The first-order valence-electron chi connectivity index (χ1n) is 14.1. The number of phenolic OH excluding ortho intramolecular Hbond substituents is 1. The van der Waals surface area contributed by atoms with Crippen LogP contribution in [0.4, 0.5) is 10.1 Å². The van der Waals surface area contributed by atoms with E-state index in [4.69, 9.17) is 11.6 Å². The summed E-state index contributed by atoms with van der Waals surface area (Å²) in [7, 11) is 1.66. The maximum absolute atomic E-state index is 15.1. The van der Waals surface area contributed by atoms with Gasteiger partial charge in [-0.15, -0.1) is 0 Å². The molecule has 2 aromatic carbocycles. The highest BCUT2D eigenvalue weighted by Gasteiger charge is 2.47. The van der Waals surface area contributed by atoms with Crippen LogP contribution in [-0.4, -0.2) is 55.3 Å². The minimum Gasteiger partial charge on any atom is -0.507 e. The third kappa shape index (κ3) is 4.73. The second-order valence-electron chi connectivity index (χ2n) is 11.7. The Labute approximate surface area is 244 Å². The van der Waals surface area contributed by atoms with Crippen molar-refractivity contribution in [3.63, 3.8) is 0 Å². The third-order valence-electron chi connectivity index (χ3n) is 8.86. The molecule has 4 heterocycles. The van der Waals surface area contributed by atoms with Crippen LogP contribution in [0.5, 0.6) is 5.75 Å². The molecule has 2 fully saturated rings. The lowest BCUT2D eigenvalue weighted by Crippen LogP contribution is -2.49. The number of hydrogen-bond acceptors (Lipinski definition) is 5. The van der Waals surface area contributed by atoms with Crippen LogP contribution in [0.25, 0.3) is 27.9 Å². The van der Waals surface area contributed by atoms with Crippen LogP contribution in [-0.2, 0) is 7.05 Å². The van der Waals surface area contributed by atoms with E-state index >= 15 is 4.39 Å². The first-order valence-corrected chi connectivity index (χ1v) is 14.5. The highest BCUT2D eigenvalue weighted by atomic mass is 35.5. The minimum absolute atomic E-state index is 0.0524. The molecule has 4 aromatic rings. The first-order chi connectivity index (χ1) is 19.6. The molecule has 0 aliphatic carbocycles. The Morgan fingerprint density at radius 3 is 2.46 bits per heavy atom. The van der Waals surface area contributed by atoms with Gasteiger partial charge in [0.05, 0.1) is 22.1 Å². The van der Waals surface area contributed by atoms with Gasteiger partial charge in [-0.1, -0.05) is 17.7 Å². The molecule has 0 saturated carbocycles. The van der Waals surface area contributed by atoms with E-state index in [0.717, 1.165) is 37.4 Å². The molecule has 1 atom stereocenters. The normalized spacial score (nSPS) is 19.2. The van der Waals surface area contributed by atoms with E-state index in [-0.39, 0.29) is 17.0 Å². The van der Waals surface area contributed by atoms with Crippen molar-refractivity contribution in [1.29, 1.82) is 0 Å². The van der Waals surface area contributed by atoms with Crippen molar-refractivity contribution in [2.75, 3.05) is 24.5 Å². The predicted molar refractivity (Wildman–Crippen MR) is 162 cm³/mol. The fourth-order valence-electron chi connectivity index (χ4n) is 6.81. The average Bonchev–Trinajstić information content (AvgIpc) is 3.65. The van der Waals surface area contributed by atoms with E-state index in [9.17, 15) is 9.90 Å². The van der Waals surface area contributed by atoms with Crippen molar-refractivity contribution in [3.05, 3.63) is 82.0 Å². The molecule has 0 radical (unpaired) electrons. The summed E-state index contributed by atoms with van der Waals surface area (Å²) in [6.45, 7) is 9.55. The summed E-state index contributed by atoms with van der Waals surface area (Å²) < 4.78 is 17.9. The molecule has 9 heteroatoms. The van der Waals surface area contributed by atoms with Crippen molar-refractivity contribution in [2.45, 2.75) is 51.6 Å². The van der Waals surface area contributed by atoms with Crippen molar-refractivity contribution < 1.29 is 9.50 Å². The molecule has 2 aromatic heterocycles. The quantitative estimate of drug-likeness (QED) is 0.308. The van der Waals surface area contributed by atoms with Gasteiger partial charge in [0.2, 0.25) is 0 Å². The molecule has 0 unspecified atom stereocenters. The Bertz CT molecular complexity index is 1700. The number of phenols is 1. The van der Waals surface area contributed by atoms with Gasteiger partial charge in [0, 0.05) is 67.0 Å². The van der Waals surface area contributed by atoms with Crippen LogP contribution in [0.2, 0.25) is 5.02 Å². The van der Waals surface area contributed by atoms with Gasteiger partial charge >= 0.3 is 5.69 Å². The number of anilines is 1. The van der Waals surface area contributed by atoms with E-state index in [2.05, 4.69) is 28.6 Å². The van der Waals surface area contributed by atoms with Crippen LogP contribution in [0.15, 0.2) is 59.8 Å². The number of imidazole rings is 1. The molecule has 214 valence electrons. The third-order valence-corrected chi connectivity index (χ3v) is 9.16. The van der Waals surface area contributed by atoms with Crippen molar-refractivity contribution >= 4 is 17.3 Å². The smallest absolute Gasteiger partial charge is 0.332 e. The van der Waals surface area contributed by atoms with Gasteiger partial charge in [0.25, 0.3) is 0 Å². The summed E-state index contributed by atoms with van der Waals surface area (Å²) in [5, 5.41) is 11.7. The van der Waals surface area contributed by atoms with E-state index in [1.807, 2.05) is 13.0 Å². The number of hydrogen-bond donors (Lipinski definition) is 1. The second-order valence-corrected chi connectivity index (χ2v) is 12.1. The SMILES string of the molecule is Cc1ncc(-c2cc(F)cc(-c3ccc(-n4ccn(C)c4=O)c(Cl)c3)c2O)cc1N1CC[C@@]2(CCCN2C(C)C)C1. The Kier molecular flexibility index (Phi) is 6.94. The van der Waals surface area contributed by atoms with E-state index < -0.39 is 5.82 Å². The number of pyridine rings is 1. The number of benzene rings is 2. The molecule has 2 aliphatic heterocycles. The lowest BCUT2D eigenvalue weighted by Gasteiger charge is -2.38. The monoisotopic (exact) mass is 575 g/mol. The fourth-order valence-corrected chi connectivity index (χ4v) is 7.08. The lowest BCUT2D eigenvalue weighted by molar-refractivity contribution is 0.120. The van der Waals surface area contributed by atoms with E-state index in [1.54, 1.807) is 43.8 Å². The zero-order valence-electron chi connectivity index (χ0n) is 23.9. The Balaban J connectivity index is 1.35. The first kappa shape index (κ1) is 27.5. The maximum Gasteiger partial charge on any atom is 0.332 e. The summed E-state index contributed by atoms with van der Waals surface area (Å²) in [6, 6.07) is 10.2. The predicted octanol–water partition coefficient (Wildman–Crippen LogP) is 6.16. The number of nitrogens with zero attached hydrogens (tertiary/aromatic N) is 5. The highest BCUT2D eigenvalue weighted by Crippen LogP contribution is 2.44. The number of rotatable bonds is 5. The molecule has 2 saturated heterocycles. The molecule has 0 bridgehead atoms. The highest BCUT2D eigenvalue weighted by molar-refractivity contribution is 6.32. The van der Waals surface area contributed by atoms with Crippen molar-refractivity contribution in [2.24, 2.45) is 7.05 Å². The van der Waals surface area contributed by atoms with Crippen LogP contribution < -0.4 is 10.6 Å². The van der Waals surface area contributed by atoms with Crippen molar-refractivity contribution in [1.82, 2.24) is 19.0 Å². The standard InChI is InChI=1S/C32H35ClFN5O2/c1-20(2)39-10-5-8-32(39)9-11-37(19-32)29-15-23(18-35-21(29)3)26-17-24(34)16-25(30(26)40)22-6-7-28(27(33)14-22)38-13-12-36(4)31(38)41/h6-7,12-18,20,40H,5,8-11,19H2,1-4H3/t32-/m0/s1. The van der Waals surface area contributed by atoms with Gasteiger partial charge in [-0.2, -0.15) is 0 Å². The summed E-state index contributed by atoms with van der Waals surface area (Å²) in [5.74, 6) is -0.531. The second kappa shape index (κ2) is 10.3. The topological polar surface area (TPSA) is 66.5 Å². The number of aromatic nitrogens is 3. The Morgan fingerprint density at radius 2 is 1.78 bits per heavy atom. The van der Waals surface area contributed by atoms with Gasteiger partial charge in [0.1, 0.15) is 11.6 Å². The Hall–Kier alpha value is -3.62. The van der Waals surface area contributed by atoms with Crippen LogP contribution in [0.1, 0.15) is 38.8 Å². The van der Waals surface area contributed by atoms with Crippen LogP contribution >= 0.6 is 11.6 Å². The number of aryl methyl sites for hydroxylation is 2. The van der Waals surface area contributed by atoms with Gasteiger partial charge in [0.15, 0.2) is 0 Å². The summed E-state index contributed by atoms with van der Waals surface area (Å²) in [4.78, 5) is 22.1. The number of halogens is 2. The van der Waals surface area contributed by atoms with Gasteiger partial charge in [-0.3, -0.25) is 14.5 Å². The average molecular weight is 576 g/mol. The van der Waals surface area contributed by atoms with Crippen LogP contribution in [0.3, 0.4) is 0 Å². The summed E-state index contributed by atoms with van der Waals surface area (Å²) in [5.41, 5.74) is 4.25. The zero-order chi connectivity index (χ0) is 29.1. The molecule has 2 aliphatic rings. The molecular formula is C32H35ClFN5O2. The molecule has 7 nitrogen and oxygen atoms in total. The molecule has 6 rings (SSSR count). The van der Waals surface area contributed by atoms with Gasteiger partial charge in [-0.25, -0.2) is 9.18 Å². The van der Waals surface area contributed by atoms with Crippen LogP contribution in [0, 0.1) is 12.7 Å². The molecule has 1 N–H and O–H groups in total. The molecular weight excluding hydrogens is 541 g/mol. The summed E-state index contributed by atoms with van der Waals surface area (Å²) in [6.07, 6.45) is 8.50. The molecule has 0 amide bonds. The molecule has 41 heavy (non-hydrogen) atoms. The number of aromatic hydroxyl groups is 1. The van der Waals surface area contributed by atoms with Crippen molar-refractivity contribution in [3.8, 4) is 33.7 Å². The van der Waals surface area contributed by atoms with Gasteiger partial charge in [-0.05, 0) is 82.5 Å². The fraction of sp³-hybridized carbons (Fsp3) is 0.375. The largest absolute Gasteiger partial charge is 0.507 e. The van der Waals surface area contributed by atoms with E-state index in [0.29, 0.717) is 39.0 Å².